The van der Waals surface area contributed by atoms with Crippen LogP contribution in [0.5, 0.6) is 0 Å². The molecule has 2 N–H and O–H groups in total. The first kappa shape index (κ1) is 11.3. The van der Waals surface area contributed by atoms with E-state index in [-0.39, 0.29) is 0 Å². The van der Waals surface area contributed by atoms with Crippen molar-refractivity contribution in [2.24, 2.45) is 0 Å². The van der Waals surface area contributed by atoms with Crippen LogP contribution in [-0.2, 0) is 0 Å². The number of hydrogen-bond donors (Lipinski definition) is 2. The van der Waals surface area contributed by atoms with Crippen LogP contribution in [0.2, 0.25) is 0 Å². The van der Waals surface area contributed by atoms with Gasteiger partial charge >= 0.3 is 0 Å². The summed E-state index contributed by atoms with van der Waals surface area (Å²) in [4.78, 5) is 9.18. The molecule has 1 fully saturated rings. The molecule has 0 aliphatic carbocycles. The summed E-state index contributed by atoms with van der Waals surface area (Å²) in [6.07, 6.45) is 2.31. The predicted molar refractivity (Wildman–Crippen MR) is 69.1 cm³/mol. The lowest BCUT2D eigenvalue weighted by molar-refractivity contribution is 0.603. The van der Waals surface area contributed by atoms with Gasteiger partial charge in [0.05, 0.1) is 11.7 Å². The molecule has 0 radical (unpaired) electrons. The van der Waals surface area contributed by atoms with Gasteiger partial charge in [0.25, 0.3) is 0 Å². The molecule has 0 bridgehead atoms. The summed E-state index contributed by atoms with van der Waals surface area (Å²) in [5.41, 5.74) is 3.82. The van der Waals surface area contributed by atoms with E-state index in [4.69, 9.17) is 0 Å². The summed E-state index contributed by atoms with van der Waals surface area (Å²) in [5.74, 6) is 0.892. The Hall–Kier alpha value is -1.75. The molecule has 3 heterocycles. The van der Waals surface area contributed by atoms with Crippen LogP contribution in [0.3, 0.4) is 0 Å². The molecule has 0 spiro atoms. The van der Waals surface area contributed by atoms with Crippen LogP contribution in [0.25, 0.3) is 11.4 Å². The second-order valence-electron chi connectivity index (χ2n) is 4.84. The lowest BCUT2D eigenvalue weighted by atomic mass is 10.2. The van der Waals surface area contributed by atoms with Crippen molar-refractivity contribution in [1.29, 1.82) is 0 Å². The lowest BCUT2D eigenvalue weighted by Gasteiger charge is -2.10. The molecule has 5 heteroatoms. The number of aryl methyl sites for hydroxylation is 2. The fourth-order valence-electron chi connectivity index (χ4n) is 2.33. The maximum Gasteiger partial charge on any atom is 0.146 e. The molecule has 1 saturated heterocycles. The van der Waals surface area contributed by atoms with Gasteiger partial charge in [-0.05, 0) is 45.4 Å². The third-order valence-electron chi connectivity index (χ3n) is 3.21. The van der Waals surface area contributed by atoms with Crippen molar-refractivity contribution in [2.75, 3.05) is 6.54 Å². The average Bonchev–Trinajstić information content (AvgIpc) is 2.98. The van der Waals surface area contributed by atoms with E-state index in [1.54, 1.807) is 0 Å². The Kier molecular flexibility index (Phi) is 2.83. The van der Waals surface area contributed by atoms with Crippen molar-refractivity contribution in [3.8, 4) is 11.4 Å². The number of nitrogens with zero attached hydrogens (tertiary/aromatic N) is 3. The first-order chi connectivity index (χ1) is 8.72. The van der Waals surface area contributed by atoms with Crippen LogP contribution in [0.15, 0.2) is 12.1 Å². The zero-order valence-corrected chi connectivity index (χ0v) is 10.7. The lowest BCUT2D eigenvalue weighted by Crippen LogP contribution is -2.16. The van der Waals surface area contributed by atoms with Crippen LogP contribution in [-0.4, -0.2) is 26.7 Å². The fourth-order valence-corrected chi connectivity index (χ4v) is 2.33. The van der Waals surface area contributed by atoms with Gasteiger partial charge in [-0.3, -0.25) is 5.10 Å². The quantitative estimate of drug-likeness (QED) is 0.845. The summed E-state index contributed by atoms with van der Waals surface area (Å²) in [7, 11) is 0. The highest BCUT2D eigenvalue weighted by atomic mass is 15.1. The number of rotatable bonds is 2. The van der Waals surface area contributed by atoms with Gasteiger partial charge in [-0.1, -0.05) is 0 Å². The normalized spacial score (nSPS) is 19.3. The van der Waals surface area contributed by atoms with Crippen molar-refractivity contribution in [2.45, 2.75) is 32.7 Å². The Balaban J connectivity index is 1.99. The molecule has 2 aromatic heterocycles. The van der Waals surface area contributed by atoms with Crippen LogP contribution in [0.4, 0.5) is 0 Å². The summed E-state index contributed by atoms with van der Waals surface area (Å²) in [6, 6.07) is 4.28. The number of aromatic amines is 1. The SMILES string of the molecule is Cc1cc(-c2cc(C)[nH]n2)nc([C@H]2CCCN2)n1. The van der Waals surface area contributed by atoms with Crippen LogP contribution in [0, 0.1) is 13.8 Å². The third-order valence-corrected chi connectivity index (χ3v) is 3.21. The van der Waals surface area contributed by atoms with Crippen molar-refractivity contribution < 1.29 is 0 Å². The maximum atomic E-state index is 4.64. The van der Waals surface area contributed by atoms with Gasteiger partial charge < -0.3 is 5.32 Å². The molecule has 0 unspecified atom stereocenters. The van der Waals surface area contributed by atoms with E-state index in [0.717, 1.165) is 41.6 Å². The van der Waals surface area contributed by atoms with Crippen molar-refractivity contribution >= 4 is 0 Å². The van der Waals surface area contributed by atoms with Crippen LogP contribution in [0.1, 0.15) is 36.1 Å². The van der Waals surface area contributed by atoms with Gasteiger partial charge in [-0.2, -0.15) is 5.10 Å². The van der Waals surface area contributed by atoms with E-state index in [2.05, 4.69) is 25.5 Å². The third kappa shape index (κ3) is 2.13. The molecule has 3 rings (SSSR count). The van der Waals surface area contributed by atoms with E-state index in [0.29, 0.717) is 6.04 Å². The second kappa shape index (κ2) is 4.49. The molecule has 1 aliphatic rings. The molecule has 0 amide bonds. The van der Waals surface area contributed by atoms with Crippen LogP contribution < -0.4 is 5.32 Å². The zero-order chi connectivity index (χ0) is 12.5. The highest BCUT2D eigenvalue weighted by Gasteiger charge is 2.20. The Morgan fingerprint density at radius 1 is 1.17 bits per heavy atom. The first-order valence-electron chi connectivity index (χ1n) is 6.34. The van der Waals surface area contributed by atoms with Gasteiger partial charge in [0, 0.05) is 11.4 Å². The summed E-state index contributed by atoms with van der Waals surface area (Å²) in [6.45, 7) is 5.05. The first-order valence-corrected chi connectivity index (χ1v) is 6.34. The Morgan fingerprint density at radius 2 is 2.06 bits per heavy atom. The van der Waals surface area contributed by atoms with E-state index in [1.165, 1.54) is 6.42 Å². The molecular formula is C13H17N5. The fraction of sp³-hybridized carbons (Fsp3) is 0.462. The van der Waals surface area contributed by atoms with Crippen molar-refractivity contribution in [1.82, 2.24) is 25.5 Å². The largest absolute Gasteiger partial charge is 0.307 e. The topological polar surface area (TPSA) is 66.5 Å². The minimum absolute atomic E-state index is 0.295. The van der Waals surface area contributed by atoms with E-state index in [9.17, 15) is 0 Å². The van der Waals surface area contributed by atoms with Gasteiger partial charge in [0.2, 0.25) is 0 Å². The number of hydrogen-bond acceptors (Lipinski definition) is 4. The molecule has 2 aromatic rings. The van der Waals surface area contributed by atoms with E-state index < -0.39 is 0 Å². The zero-order valence-electron chi connectivity index (χ0n) is 10.7. The van der Waals surface area contributed by atoms with Gasteiger partial charge in [0.15, 0.2) is 0 Å². The smallest absolute Gasteiger partial charge is 0.146 e. The van der Waals surface area contributed by atoms with Gasteiger partial charge in [0.1, 0.15) is 11.5 Å². The van der Waals surface area contributed by atoms with E-state index >= 15 is 0 Å². The van der Waals surface area contributed by atoms with Crippen LogP contribution >= 0.6 is 0 Å². The highest BCUT2D eigenvalue weighted by Crippen LogP contribution is 2.23. The standard InChI is InChI=1S/C13H17N5/c1-8-6-11(12-7-9(2)17-18-12)16-13(15-8)10-4-3-5-14-10/h6-7,10,14H,3-5H2,1-2H3,(H,17,18)/t10-/m1/s1. The molecule has 18 heavy (non-hydrogen) atoms. The Morgan fingerprint density at radius 3 is 2.72 bits per heavy atom. The number of aromatic nitrogens is 4. The molecule has 0 aromatic carbocycles. The van der Waals surface area contributed by atoms with Crippen molar-refractivity contribution in [3.63, 3.8) is 0 Å². The molecular weight excluding hydrogens is 226 g/mol. The summed E-state index contributed by atoms with van der Waals surface area (Å²) in [5, 5.41) is 10.6. The molecule has 1 aliphatic heterocycles. The molecule has 0 saturated carbocycles. The van der Waals surface area contributed by atoms with Crippen molar-refractivity contribution in [3.05, 3.63) is 29.3 Å². The monoisotopic (exact) mass is 243 g/mol. The average molecular weight is 243 g/mol. The summed E-state index contributed by atoms with van der Waals surface area (Å²) >= 11 is 0. The molecule has 5 nitrogen and oxygen atoms in total. The molecule has 1 atom stereocenters. The predicted octanol–water partition coefficient (Wildman–Crippen LogP) is 1.91. The van der Waals surface area contributed by atoms with Gasteiger partial charge in [-0.25, -0.2) is 9.97 Å². The Labute approximate surface area is 106 Å². The molecule has 94 valence electrons. The highest BCUT2D eigenvalue weighted by molar-refractivity contribution is 5.54. The van der Waals surface area contributed by atoms with Gasteiger partial charge in [-0.15, -0.1) is 0 Å². The number of nitrogens with one attached hydrogen (secondary N) is 2. The summed E-state index contributed by atoms with van der Waals surface area (Å²) < 4.78 is 0. The minimum atomic E-state index is 0.295. The Bertz CT molecular complexity index is 554. The van der Waals surface area contributed by atoms with E-state index in [1.807, 2.05) is 26.0 Å². The minimum Gasteiger partial charge on any atom is -0.307 e. The number of H-pyrrole nitrogens is 1. The maximum absolute atomic E-state index is 4.64. The second-order valence-corrected chi connectivity index (χ2v) is 4.84.